The quantitative estimate of drug-likeness (QED) is 0.546. The molecule has 0 aliphatic carbocycles. The fourth-order valence-electron chi connectivity index (χ4n) is 1.85. The average Bonchev–Trinajstić information content (AvgIpc) is 2.35. The highest BCUT2D eigenvalue weighted by atomic mass is 127. The molecule has 0 aliphatic heterocycles. The predicted molar refractivity (Wildman–Crippen MR) is 77.4 cm³/mol. The van der Waals surface area contributed by atoms with E-state index in [2.05, 4.69) is 32.0 Å². The van der Waals surface area contributed by atoms with Crippen LogP contribution in [0.1, 0.15) is 18.1 Å². The highest BCUT2D eigenvalue weighted by Gasteiger charge is 2.15. The van der Waals surface area contributed by atoms with Crippen molar-refractivity contribution in [2.24, 2.45) is 0 Å². The van der Waals surface area contributed by atoms with E-state index in [1.54, 1.807) is 18.7 Å². The largest absolute Gasteiger partial charge is 1.00 e. The molecule has 2 nitrogen and oxygen atoms in total. The Morgan fingerprint density at radius 3 is 2.55 bits per heavy atom. The molecule has 0 amide bonds. The second kappa shape index (κ2) is 7.78. The van der Waals surface area contributed by atoms with E-state index in [0.717, 1.165) is 5.03 Å². The highest BCUT2D eigenvalue weighted by molar-refractivity contribution is 7.99. The zero-order valence-electron chi connectivity index (χ0n) is 11.9. The van der Waals surface area contributed by atoms with Gasteiger partial charge in [0.05, 0.1) is 0 Å². The Labute approximate surface area is 141 Å². The van der Waals surface area contributed by atoms with Crippen LogP contribution in [0.25, 0.3) is 0 Å². The Hall–Kier alpha value is -0.880. The van der Waals surface area contributed by atoms with Crippen LogP contribution in [0.2, 0.25) is 0 Å². The molecule has 2 aromatic rings. The number of halogens is 1. The summed E-state index contributed by atoms with van der Waals surface area (Å²) in [5.41, 5.74) is 2.46. The Balaban J connectivity index is 0.00000200. The van der Waals surface area contributed by atoms with Crippen LogP contribution in [-0.4, -0.2) is 5.78 Å². The van der Waals surface area contributed by atoms with Crippen molar-refractivity contribution in [3.63, 3.8) is 0 Å². The van der Waals surface area contributed by atoms with Crippen LogP contribution in [-0.2, 0) is 11.3 Å². The molecule has 106 valence electrons. The van der Waals surface area contributed by atoms with Gasteiger partial charge in [-0.3, -0.25) is 4.79 Å². The molecule has 0 N–H and O–H groups in total. The van der Waals surface area contributed by atoms with Crippen LogP contribution in [0, 0.1) is 13.8 Å². The molecule has 0 fully saturated rings. The number of hydrogen-bond acceptors (Lipinski definition) is 2. The molecule has 1 heterocycles. The van der Waals surface area contributed by atoms with Crippen LogP contribution in [0.5, 0.6) is 0 Å². The number of aryl methyl sites for hydroxylation is 2. The van der Waals surface area contributed by atoms with E-state index in [9.17, 15) is 4.79 Å². The number of carbonyl (C=O) groups excluding carboxylic acids is 1. The van der Waals surface area contributed by atoms with Crippen molar-refractivity contribution in [1.82, 2.24) is 0 Å². The first-order valence-electron chi connectivity index (χ1n) is 6.29. The second-order valence-corrected chi connectivity index (χ2v) is 5.80. The molecule has 20 heavy (non-hydrogen) atoms. The van der Waals surface area contributed by atoms with Gasteiger partial charge in [-0.05, 0) is 42.8 Å². The summed E-state index contributed by atoms with van der Waals surface area (Å²) in [7, 11) is 0. The van der Waals surface area contributed by atoms with Gasteiger partial charge in [0.15, 0.2) is 12.0 Å². The third-order valence-corrected chi connectivity index (χ3v) is 4.09. The van der Waals surface area contributed by atoms with Crippen LogP contribution >= 0.6 is 11.8 Å². The molecule has 0 unspecified atom stereocenters. The fourth-order valence-corrected chi connectivity index (χ4v) is 2.94. The molecule has 4 heteroatoms. The van der Waals surface area contributed by atoms with Crippen LogP contribution in [0.15, 0.2) is 52.5 Å². The summed E-state index contributed by atoms with van der Waals surface area (Å²) in [5, 5.41) is 1.10. The molecule has 0 atom stereocenters. The molecule has 1 aromatic heterocycles. The molecule has 1 aromatic carbocycles. The summed E-state index contributed by atoms with van der Waals surface area (Å²) in [6, 6.07) is 12.5. The summed E-state index contributed by atoms with van der Waals surface area (Å²) >= 11 is 1.71. The molecular weight excluding hydrogens is 381 g/mol. The summed E-state index contributed by atoms with van der Waals surface area (Å²) in [5.74, 6) is 0.167. The fraction of sp³-hybridized carbons (Fsp3) is 0.250. The van der Waals surface area contributed by atoms with Crippen LogP contribution < -0.4 is 28.5 Å². The predicted octanol–water partition coefficient (Wildman–Crippen LogP) is 0.335. The van der Waals surface area contributed by atoms with E-state index in [1.807, 2.05) is 29.0 Å². The van der Waals surface area contributed by atoms with E-state index < -0.39 is 0 Å². The van der Waals surface area contributed by atoms with Crippen molar-refractivity contribution < 1.29 is 33.3 Å². The third-order valence-electron chi connectivity index (χ3n) is 2.85. The minimum absolute atomic E-state index is 0. The number of nitrogens with zero attached hydrogens (tertiary/aromatic N) is 1. The molecule has 0 saturated heterocycles. The van der Waals surface area contributed by atoms with Gasteiger partial charge in [0.2, 0.25) is 11.6 Å². The first-order valence-corrected chi connectivity index (χ1v) is 7.11. The number of rotatable bonds is 4. The zero-order chi connectivity index (χ0) is 13.8. The van der Waals surface area contributed by atoms with E-state index in [1.165, 1.54) is 16.0 Å². The van der Waals surface area contributed by atoms with Gasteiger partial charge in [0, 0.05) is 24.0 Å². The van der Waals surface area contributed by atoms with Crippen LogP contribution in [0.3, 0.4) is 0 Å². The number of aromatic nitrogens is 1. The van der Waals surface area contributed by atoms with Gasteiger partial charge in [-0.2, -0.15) is 4.57 Å². The summed E-state index contributed by atoms with van der Waals surface area (Å²) in [6.45, 7) is 6.22. The topological polar surface area (TPSA) is 20.9 Å². The van der Waals surface area contributed by atoms with Gasteiger partial charge in [-0.1, -0.05) is 18.2 Å². The number of Topliss-reactive ketones (excluding diaryl/α,β-unsaturated/α-hetero) is 1. The lowest BCUT2D eigenvalue weighted by Crippen LogP contribution is -3.00. The summed E-state index contributed by atoms with van der Waals surface area (Å²) in [6.07, 6.45) is 1.98. The van der Waals surface area contributed by atoms with E-state index in [-0.39, 0.29) is 29.8 Å². The van der Waals surface area contributed by atoms with Crippen molar-refractivity contribution in [2.45, 2.75) is 37.2 Å². The Morgan fingerprint density at radius 2 is 1.90 bits per heavy atom. The minimum atomic E-state index is 0. The molecule has 0 aliphatic rings. The highest BCUT2D eigenvalue weighted by Crippen LogP contribution is 2.28. The molecule has 0 saturated carbocycles. The maximum atomic E-state index is 11.3. The number of pyridine rings is 1. The van der Waals surface area contributed by atoms with Crippen molar-refractivity contribution in [1.29, 1.82) is 0 Å². The number of ketones is 1. The van der Waals surface area contributed by atoms with Crippen LogP contribution in [0.4, 0.5) is 0 Å². The van der Waals surface area contributed by atoms with Gasteiger partial charge in [-0.15, -0.1) is 0 Å². The van der Waals surface area contributed by atoms with E-state index >= 15 is 0 Å². The number of hydrogen-bond donors (Lipinski definition) is 0. The number of benzene rings is 1. The normalized spacial score (nSPS) is 9.95. The van der Waals surface area contributed by atoms with Gasteiger partial charge >= 0.3 is 0 Å². The van der Waals surface area contributed by atoms with Crippen molar-refractivity contribution >= 4 is 17.5 Å². The minimum Gasteiger partial charge on any atom is -1.00 e. The molecule has 0 bridgehead atoms. The van der Waals surface area contributed by atoms with E-state index in [4.69, 9.17) is 0 Å². The maximum Gasteiger partial charge on any atom is 0.245 e. The summed E-state index contributed by atoms with van der Waals surface area (Å²) in [4.78, 5) is 12.6. The van der Waals surface area contributed by atoms with Gasteiger partial charge in [0.1, 0.15) is 0 Å². The Kier molecular flexibility index (Phi) is 6.68. The lowest BCUT2D eigenvalue weighted by molar-refractivity contribution is -0.720. The van der Waals surface area contributed by atoms with Gasteiger partial charge in [-0.25, -0.2) is 0 Å². The summed E-state index contributed by atoms with van der Waals surface area (Å²) < 4.78 is 2.01. The van der Waals surface area contributed by atoms with Crippen molar-refractivity contribution in [3.05, 3.63) is 53.7 Å². The van der Waals surface area contributed by atoms with E-state index in [0.29, 0.717) is 6.54 Å². The Morgan fingerprint density at radius 1 is 1.20 bits per heavy atom. The van der Waals surface area contributed by atoms with Gasteiger partial charge in [0.25, 0.3) is 0 Å². The second-order valence-electron chi connectivity index (χ2n) is 4.74. The maximum absolute atomic E-state index is 11.3. The first kappa shape index (κ1) is 17.2. The lowest BCUT2D eigenvalue weighted by atomic mass is 10.2. The molecule has 0 spiro atoms. The molecule has 2 rings (SSSR count). The zero-order valence-corrected chi connectivity index (χ0v) is 14.9. The standard InChI is InChI=1S/C16H18NOS.HI/c1-12-8-9-17(11-14(3)18)16(10-12)19-15-7-5-4-6-13(15)2;/h4-10H,11H2,1-3H3;1H/q+1;/p-1. The SMILES string of the molecule is CC(=O)C[n+]1ccc(C)cc1Sc1ccccc1C.[I-]. The smallest absolute Gasteiger partial charge is 0.245 e. The Bertz CT molecular complexity index is 613. The first-order chi connectivity index (χ1) is 9.06. The average molecular weight is 399 g/mol. The third kappa shape index (κ3) is 4.59. The number of carbonyl (C=O) groups is 1. The lowest BCUT2D eigenvalue weighted by Gasteiger charge is -2.05. The molecule has 0 radical (unpaired) electrons. The molecular formula is C16H18INOS. The van der Waals surface area contributed by atoms with Crippen molar-refractivity contribution in [3.8, 4) is 0 Å². The van der Waals surface area contributed by atoms with Gasteiger partial charge < -0.3 is 24.0 Å². The van der Waals surface area contributed by atoms with Crippen molar-refractivity contribution in [2.75, 3.05) is 0 Å². The monoisotopic (exact) mass is 399 g/mol.